The van der Waals surface area contributed by atoms with Crippen LogP contribution in [-0.4, -0.2) is 9.78 Å². The molecule has 4 nitrogen and oxygen atoms in total. The fraction of sp³-hybridized carbons (Fsp3) is 0.154. The Kier molecular flexibility index (Phi) is 3.01. The molecule has 0 saturated carbocycles. The highest BCUT2D eigenvalue weighted by molar-refractivity contribution is 5.31. The topological polar surface area (TPSA) is 58.7 Å². The number of nitriles is 1. The lowest BCUT2D eigenvalue weighted by atomic mass is 10.1. The molecule has 1 heterocycles. The zero-order valence-electron chi connectivity index (χ0n) is 9.42. The molecule has 2 aromatic rings. The first-order chi connectivity index (χ1) is 8.19. The third kappa shape index (κ3) is 2.58. The van der Waals surface area contributed by atoms with Crippen molar-refractivity contribution in [3.8, 4) is 6.07 Å². The van der Waals surface area contributed by atoms with Crippen LogP contribution in [0.1, 0.15) is 16.8 Å². The molecule has 0 amide bonds. The van der Waals surface area contributed by atoms with Crippen LogP contribution in [0.5, 0.6) is 0 Å². The fourth-order valence-electron chi connectivity index (χ4n) is 1.52. The van der Waals surface area contributed by atoms with E-state index >= 15 is 0 Å². The molecular weight excluding hydrogens is 214 g/mol. The molecule has 0 N–H and O–H groups in total. The first kappa shape index (κ1) is 11.1. The summed E-state index contributed by atoms with van der Waals surface area (Å²) in [6.45, 7) is 2.26. The van der Waals surface area contributed by atoms with Crippen LogP contribution in [0.3, 0.4) is 0 Å². The molecule has 0 radical (unpaired) electrons. The molecule has 0 fully saturated rings. The molecule has 4 heteroatoms. The SMILES string of the molecule is Cc1ccc(=O)n(Cc2ccc(C#N)cc2)n1. The first-order valence-corrected chi connectivity index (χ1v) is 5.23. The molecule has 0 bridgehead atoms. The van der Waals surface area contributed by atoms with Gasteiger partial charge in [0.05, 0.1) is 23.9 Å². The van der Waals surface area contributed by atoms with E-state index in [9.17, 15) is 4.79 Å². The molecule has 0 spiro atoms. The number of rotatable bonds is 2. The summed E-state index contributed by atoms with van der Waals surface area (Å²) < 4.78 is 1.41. The van der Waals surface area contributed by atoms with Gasteiger partial charge in [-0.05, 0) is 30.7 Å². The van der Waals surface area contributed by atoms with Crippen LogP contribution < -0.4 is 5.56 Å². The molecule has 1 aromatic carbocycles. The van der Waals surface area contributed by atoms with Gasteiger partial charge in [-0.25, -0.2) is 4.68 Å². The van der Waals surface area contributed by atoms with E-state index in [1.54, 1.807) is 18.2 Å². The average Bonchev–Trinajstić information content (AvgIpc) is 2.35. The third-order valence-electron chi connectivity index (χ3n) is 2.42. The fourth-order valence-corrected chi connectivity index (χ4v) is 1.52. The Labute approximate surface area is 98.8 Å². The highest BCUT2D eigenvalue weighted by Gasteiger charge is 2.00. The van der Waals surface area contributed by atoms with E-state index in [2.05, 4.69) is 11.2 Å². The van der Waals surface area contributed by atoms with Gasteiger partial charge in [0, 0.05) is 6.07 Å². The van der Waals surface area contributed by atoms with Crippen molar-refractivity contribution in [1.29, 1.82) is 5.26 Å². The molecule has 0 saturated heterocycles. The second kappa shape index (κ2) is 4.62. The van der Waals surface area contributed by atoms with E-state index in [4.69, 9.17) is 5.26 Å². The van der Waals surface area contributed by atoms with E-state index in [0.29, 0.717) is 12.1 Å². The van der Waals surface area contributed by atoms with Gasteiger partial charge < -0.3 is 0 Å². The average molecular weight is 225 g/mol. The summed E-state index contributed by atoms with van der Waals surface area (Å²) in [7, 11) is 0. The van der Waals surface area contributed by atoms with Crippen molar-refractivity contribution in [3.63, 3.8) is 0 Å². The minimum absolute atomic E-state index is 0.125. The maximum absolute atomic E-state index is 11.5. The molecule has 84 valence electrons. The Morgan fingerprint density at radius 3 is 2.59 bits per heavy atom. The largest absolute Gasteiger partial charge is 0.268 e. The number of aromatic nitrogens is 2. The van der Waals surface area contributed by atoms with Gasteiger partial charge in [-0.15, -0.1) is 0 Å². The highest BCUT2D eigenvalue weighted by Crippen LogP contribution is 2.04. The molecule has 17 heavy (non-hydrogen) atoms. The van der Waals surface area contributed by atoms with Gasteiger partial charge in [-0.3, -0.25) is 4.79 Å². The lowest BCUT2D eigenvalue weighted by Gasteiger charge is -2.05. The minimum Gasteiger partial charge on any atom is -0.268 e. The van der Waals surface area contributed by atoms with Crippen molar-refractivity contribution in [1.82, 2.24) is 9.78 Å². The minimum atomic E-state index is -0.125. The Hall–Kier alpha value is -2.41. The Morgan fingerprint density at radius 2 is 1.94 bits per heavy atom. The molecule has 0 unspecified atom stereocenters. The van der Waals surface area contributed by atoms with E-state index in [0.717, 1.165) is 11.3 Å². The van der Waals surface area contributed by atoms with E-state index in [1.807, 2.05) is 19.1 Å². The number of nitrogens with zero attached hydrogens (tertiary/aromatic N) is 3. The zero-order chi connectivity index (χ0) is 12.3. The standard InChI is InChI=1S/C13H11N3O/c1-10-2-7-13(17)16(15-10)9-12-5-3-11(8-14)4-6-12/h2-7H,9H2,1H3. The number of hydrogen-bond donors (Lipinski definition) is 0. The Morgan fingerprint density at radius 1 is 1.24 bits per heavy atom. The zero-order valence-corrected chi connectivity index (χ0v) is 9.42. The summed E-state index contributed by atoms with van der Waals surface area (Å²) in [5.74, 6) is 0. The predicted molar refractivity (Wildman–Crippen MR) is 63.5 cm³/mol. The van der Waals surface area contributed by atoms with Gasteiger partial charge in [0.15, 0.2) is 0 Å². The van der Waals surface area contributed by atoms with Crippen LogP contribution in [0.15, 0.2) is 41.2 Å². The highest BCUT2D eigenvalue weighted by atomic mass is 16.1. The monoisotopic (exact) mass is 225 g/mol. The van der Waals surface area contributed by atoms with Crippen LogP contribution in [0, 0.1) is 18.3 Å². The van der Waals surface area contributed by atoms with E-state index in [1.165, 1.54) is 10.7 Å². The maximum Gasteiger partial charge on any atom is 0.267 e. The molecule has 0 atom stereocenters. The van der Waals surface area contributed by atoms with Crippen LogP contribution in [0.25, 0.3) is 0 Å². The molecule has 0 aliphatic rings. The van der Waals surface area contributed by atoms with Gasteiger partial charge in [0.1, 0.15) is 0 Å². The van der Waals surface area contributed by atoms with Gasteiger partial charge in [0.2, 0.25) is 0 Å². The van der Waals surface area contributed by atoms with Crippen LogP contribution >= 0.6 is 0 Å². The molecular formula is C13H11N3O. The normalized spacial score (nSPS) is 9.88. The smallest absolute Gasteiger partial charge is 0.267 e. The lowest BCUT2D eigenvalue weighted by Crippen LogP contribution is -2.22. The summed E-state index contributed by atoms with van der Waals surface area (Å²) in [4.78, 5) is 11.5. The number of benzene rings is 1. The second-order valence-electron chi connectivity index (χ2n) is 3.78. The van der Waals surface area contributed by atoms with Crippen molar-refractivity contribution < 1.29 is 0 Å². The molecule has 1 aromatic heterocycles. The first-order valence-electron chi connectivity index (χ1n) is 5.23. The van der Waals surface area contributed by atoms with Gasteiger partial charge in [-0.2, -0.15) is 10.4 Å². The maximum atomic E-state index is 11.5. The van der Waals surface area contributed by atoms with E-state index < -0.39 is 0 Å². The van der Waals surface area contributed by atoms with E-state index in [-0.39, 0.29) is 5.56 Å². The molecule has 0 aliphatic carbocycles. The quantitative estimate of drug-likeness (QED) is 0.777. The van der Waals surface area contributed by atoms with Crippen LogP contribution in [0.2, 0.25) is 0 Å². The van der Waals surface area contributed by atoms with Crippen LogP contribution in [0.4, 0.5) is 0 Å². The number of aryl methyl sites for hydroxylation is 1. The predicted octanol–water partition coefficient (Wildman–Crippen LogP) is 1.47. The summed E-state index contributed by atoms with van der Waals surface area (Å²) in [6, 6.07) is 12.4. The second-order valence-corrected chi connectivity index (χ2v) is 3.78. The lowest BCUT2D eigenvalue weighted by molar-refractivity contribution is 0.628. The van der Waals surface area contributed by atoms with Gasteiger partial charge >= 0.3 is 0 Å². The van der Waals surface area contributed by atoms with Crippen molar-refractivity contribution in [3.05, 3.63) is 63.6 Å². The summed E-state index contributed by atoms with van der Waals surface area (Å²) in [5, 5.41) is 12.8. The van der Waals surface area contributed by atoms with Crippen molar-refractivity contribution in [2.45, 2.75) is 13.5 Å². The van der Waals surface area contributed by atoms with Crippen molar-refractivity contribution >= 4 is 0 Å². The molecule has 0 aliphatic heterocycles. The number of hydrogen-bond acceptors (Lipinski definition) is 3. The summed E-state index contributed by atoms with van der Waals surface area (Å²) in [5.41, 5.74) is 2.24. The Balaban J connectivity index is 2.28. The Bertz CT molecular complexity index is 620. The van der Waals surface area contributed by atoms with Gasteiger partial charge in [-0.1, -0.05) is 12.1 Å². The summed E-state index contributed by atoms with van der Waals surface area (Å²) in [6.07, 6.45) is 0. The molecule has 2 rings (SSSR count). The van der Waals surface area contributed by atoms with Crippen molar-refractivity contribution in [2.75, 3.05) is 0 Å². The summed E-state index contributed by atoms with van der Waals surface area (Å²) >= 11 is 0. The van der Waals surface area contributed by atoms with Crippen molar-refractivity contribution in [2.24, 2.45) is 0 Å². The van der Waals surface area contributed by atoms with Crippen LogP contribution in [-0.2, 0) is 6.54 Å². The van der Waals surface area contributed by atoms with Gasteiger partial charge in [0.25, 0.3) is 5.56 Å². The third-order valence-corrected chi connectivity index (χ3v) is 2.42.